The molecule has 2 rings (SSSR count). The summed E-state index contributed by atoms with van der Waals surface area (Å²) in [6.45, 7) is 3.04. The number of ether oxygens (including phenoxy) is 1. The van der Waals surface area contributed by atoms with Gasteiger partial charge in [0.25, 0.3) is 0 Å². The zero-order chi connectivity index (χ0) is 17.7. The summed E-state index contributed by atoms with van der Waals surface area (Å²) in [4.78, 5) is 13.8. The van der Waals surface area contributed by atoms with Gasteiger partial charge in [0.2, 0.25) is 0 Å². The van der Waals surface area contributed by atoms with E-state index in [2.05, 4.69) is 5.32 Å². The molecule has 134 valence electrons. The molecule has 0 saturated carbocycles. The second kappa shape index (κ2) is 7.83. The second-order valence-corrected chi connectivity index (χ2v) is 5.85. The highest BCUT2D eigenvalue weighted by Crippen LogP contribution is 2.30. The first-order valence-electron chi connectivity index (χ1n) is 7.74. The number of carbonyl (C=O) groups excluding carboxylic acids is 1. The van der Waals surface area contributed by atoms with E-state index in [0.29, 0.717) is 26.1 Å². The van der Waals surface area contributed by atoms with E-state index in [1.165, 1.54) is 17.0 Å². The molecule has 1 heterocycles. The molecule has 0 bridgehead atoms. The summed E-state index contributed by atoms with van der Waals surface area (Å²) in [6, 6.07) is 2.81. The number of hydrogen-bond donors (Lipinski definition) is 1. The van der Waals surface area contributed by atoms with Gasteiger partial charge in [0.05, 0.1) is 18.6 Å². The Balaban J connectivity index is 2.11. The molecule has 8 heteroatoms. The number of hydrogen-bond acceptors (Lipinski definition) is 2. The van der Waals surface area contributed by atoms with Crippen LogP contribution in [0.15, 0.2) is 24.3 Å². The van der Waals surface area contributed by atoms with Crippen molar-refractivity contribution < 1.29 is 27.1 Å². The van der Waals surface area contributed by atoms with Crippen LogP contribution < -0.4 is 5.32 Å². The first-order chi connectivity index (χ1) is 11.2. The lowest BCUT2D eigenvalue weighted by Crippen LogP contribution is -2.45. The number of urea groups is 1. The molecule has 1 aromatic rings. The fraction of sp³-hybridized carbons (Fsp3) is 0.562. The van der Waals surface area contributed by atoms with Crippen LogP contribution in [0.4, 0.5) is 22.4 Å². The van der Waals surface area contributed by atoms with Crippen molar-refractivity contribution in [2.75, 3.05) is 19.7 Å². The normalized spacial score (nSPS) is 20.4. The molecule has 2 atom stereocenters. The minimum Gasteiger partial charge on any atom is -0.377 e. The van der Waals surface area contributed by atoms with Crippen LogP contribution in [0.5, 0.6) is 0 Å². The number of benzene rings is 1. The van der Waals surface area contributed by atoms with E-state index >= 15 is 0 Å². The van der Waals surface area contributed by atoms with Crippen LogP contribution >= 0.6 is 0 Å². The minimum atomic E-state index is -4.46. The van der Waals surface area contributed by atoms with Crippen LogP contribution in [-0.2, 0) is 4.74 Å². The van der Waals surface area contributed by atoms with Crippen molar-refractivity contribution in [2.24, 2.45) is 0 Å². The molecule has 0 unspecified atom stereocenters. The molecule has 0 spiro atoms. The van der Waals surface area contributed by atoms with E-state index in [1.54, 1.807) is 6.92 Å². The Bertz CT molecular complexity index is 548. The van der Waals surface area contributed by atoms with Crippen molar-refractivity contribution in [3.63, 3.8) is 0 Å². The smallest absolute Gasteiger partial charge is 0.377 e. The van der Waals surface area contributed by atoms with Crippen molar-refractivity contribution >= 4 is 6.03 Å². The Hall–Kier alpha value is -1.83. The predicted molar refractivity (Wildman–Crippen MR) is 79.9 cm³/mol. The Morgan fingerprint density at radius 1 is 1.38 bits per heavy atom. The summed E-state index contributed by atoms with van der Waals surface area (Å²) in [5, 5.41) is 2.42. The number of alkyl halides is 3. The number of halogens is 4. The minimum absolute atomic E-state index is 0.176. The third kappa shape index (κ3) is 5.67. The van der Waals surface area contributed by atoms with Crippen molar-refractivity contribution in [3.05, 3.63) is 35.6 Å². The molecule has 0 radical (unpaired) electrons. The third-order valence-corrected chi connectivity index (χ3v) is 3.75. The SMILES string of the molecule is C[C@H]1CN(C(=O)N[C@H](CC(F)(F)F)c2ccc(F)cc2)CCCO1. The lowest BCUT2D eigenvalue weighted by molar-refractivity contribution is -0.139. The Morgan fingerprint density at radius 3 is 2.67 bits per heavy atom. The van der Waals surface area contributed by atoms with E-state index in [1.807, 2.05) is 0 Å². The average molecular weight is 348 g/mol. The molecule has 4 nitrogen and oxygen atoms in total. The molecule has 1 aliphatic heterocycles. The molecule has 2 amide bonds. The van der Waals surface area contributed by atoms with Crippen LogP contribution in [0.3, 0.4) is 0 Å². The number of rotatable bonds is 3. The summed E-state index contributed by atoms with van der Waals surface area (Å²) < 4.78 is 56.9. The lowest BCUT2D eigenvalue weighted by Gasteiger charge is -2.27. The molecule has 24 heavy (non-hydrogen) atoms. The monoisotopic (exact) mass is 348 g/mol. The molecular formula is C16H20F4N2O2. The third-order valence-electron chi connectivity index (χ3n) is 3.75. The van der Waals surface area contributed by atoms with Crippen LogP contribution in [0.25, 0.3) is 0 Å². The molecule has 1 aliphatic rings. The van der Waals surface area contributed by atoms with Crippen molar-refractivity contribution in [3.8, 4) is 0 Å². The number of amides is 2. The van der Waals surface area contributed by atoms with E-state index < -0.39 is 30.5 Å². The summed E-state index contributed by atoms with van der Waals surface area (Å²) in [6.07, 6.45) is -5.23. The van der Waals surface area contributed by atoms with Gasteiger partial charge in [-0.3, -0.25) is 0 Å². The number of nitrogens with one attached hydrogen (secondary N) is 1. The first-order valence-corrected chi connectivity index (χ1v) is 7.74. The maximum absolute atomic E-state index is 13.0. The highest BCUT2D eigenvalue weighted by molar-refractivity contribution is 5.74. The lowest BCUT2D eigenvalue weighted by atomic mass is 10.0. The van der Waals surface area contributed by atoms with Gasteiger partial charge in [-0.15, -0.1) is 0 Å². The molecule has 1 fully saturated rings. The molecule has 0 aromatic heterocycles. The fourth-order valence-electron chi connectivity index (χ4n) is 2.60. The summed E-state index contributed by atoms with van der Waals surface area (Å²) in [5.74, 6) is -0.547. The van der Waals surface area contributed by atoms with Crippen molar-refractivity contribution in [1.82, 2.24) is 10.2 Å². The van der Waals surface area contributed by atoms with Gasteiger partial charge in [-0.25, -0.2) is 9.18 Å². The zero-order valence-electron chi connectivity index (χ0n) is 13.3. The molecule has 1 saturated heterocycles. The maximum atomic E-state index is 13.0. The van der Waals surface area contributed by atoms with E-state index in [-0.39, 0.29) is 11.7 Å². The van der Waals surface area contributed by atoms with Crippen LogP contribution in [-0.4, -0.2) is 42.9 Å². The topological polar surface area (TPSA) is 41.6 Å². The van der Waals surface area contributed by atoms with Crippen LogP contribution in [0.1, 0.15) is 31.4 Å². The van der Waals surface area contributed by atoms with Gasteiger partial charge >= 0.3 is 12.2 Å². The summed E-state index contributed by atoms with van der Waals surface area (Å²) in [5.41, 5.74) is 0.209. The van der Waals surface area contributed by atoms with E-state index in [4.69, 9.17) is 4.74 Å². The largest absolute Gasteiger partial charge is 0.391 e. The number of nitrogens with zero attached hydrogens (tertiary/aromatic N) is 1. The van der Waals surface area contributed by atoms with Crippen LogP contribution in [0.2, 0.25) is 0 Å². The molecule has 0 aliphatic carbocycles. The second-order valence-electron chi connectivity index (χ2n) is 5.85. The van der Waals surface area contributed by atoms with Gasteiger partial charge in [0.1, 0.15) is 5.82 Å². The van der Waals surface area contributed by atoms with Gasteiger partial charge in [0.15, 0.2) is 0 Å². The summed E-state index contributed by atoms with van der Waals surface area (Å²) in [7, 11) is 0. The van der Waals surface area contributed by atoms with Crippen molar-refractivity contribution in [2.45, 2.75) is 38.1 Å². The Labute approximate surface area is 137 Å². The molecular weight excluding hydrogens is 328 g/mol. The maximum Gasteiger partial charge on any atom is 0.391 e. The van der Waals surface area contributed by atoms with Crippen LogP contribution in [0, 0.1) is 5.82 Å². The van der Waals surface area contributed by atoms with E-state index in [0.717, 1.165) is 12.1 Å². The van der Waals surface area contributed by atoms with Gasteiger partial charge in [-0.2, -0.15) is 13.2 Å². The first kappa shape index (κ1) is 18.5. The predicted octanol–water partition coefficient (Wildman–Crippen LogP) is 3.64. The van der Waals surface area contributed by atoms with Crippen molar-refractivity contribution in [1.29, 1.82) is 0 Å². The summed E-state index contributed by atoms with van der Waals surface area (Å²) >= 11 is 0. The molecule has 1 aromatic carbocycles. The fourth-order valence-corrected chi connectivity index (χ4v) is 2.60. The van der Waals surface area contributed by atoms with Gasteiger partial charge < -0.3 is 15.0 Å². The molecule has 1 N–H and O–H groups in total. The highest BCUT2D eigenvalue weighted by atomic mass is 19.4. The quantitative estimate of drug-likeness (QED) is 0.848. The Morgan fingerprint density at radius 2 is 2.04 bits per heavy atom. The van der Waals surface area contributed by atoms with Gasteiger partial charge in [-0.05, 0) is 31.0 Å². The Kier molecular flexibility index (Phi) is 6.04. The van der Waals surface area contributed by atoms with Gasteiger partial charge in [-0.1, -0.05) is 12.1 Å². The average Bonchev–Trinajstić information content (AvgIpc) is 2.70. The standard InChI is InChI=1S/C16H20F4N2O2/c1-11-10-22(7-2-8-24-11)15(23)21-14(9-16(18,19)20)12-3-5-13(17)6-4-12/h3-6,11,14H,2,7-10H2,1H3,(H,21,23)/t11-,14+/m0/s1. The highest BCUT2D eigenvalue weighted by Gasteiger charge is 2.34. The number of carbonyl (C=O) groups is 1. The van der Waals surface area contributed by atoms with Gasteiger partial charge in [0, 0.05) is 19.7 Å². The zero-order valence-corrected chi connectivity index (χ0v) is 13.3. The van der Waals surface area contributed by atoms with E-state index in [9.17, 15) is 22.4 Å².